The van der Waals surface area contributed by atoms with Gasteiger partial charge < -0.3 is 25.5 Å². The number of carboxylic acid groups (broad SMARTS) is 1. The molecule has 2 aromatic heterocycles. The lowest BCUT2D eigenvalue weighted by atomic mass is 10.2. The van der Waals surface area contributed by atoms with Crippen LogP contribution in [-0.2, 0) is 6.54 Å². The summed E-state index contributed by atoms with van der Waals surface area (Å²) in [5.74, 6) is -0.491. The number of hydrogen-bond acceptors (Lipinski definition) is 6. The predicted octanol–water partition coefficient (Wildman–Crippen LogP) is 4.57. The summed E-state index contributed by atoms with van der Waals surface area (Å²) >= 11 is 0. The Morgan fingerprint density at radius 3 is 2.31 bits per heavy atom. The summed E-state index contributed by atoms with van der Waals surface area (Å²) in [6.45, 7) is 1.42. The molecule has 11 heteroatoms. The van der Waals surface area contributed by atoms with Crippen molar-refractivity contribution in [3.05, 3.63) is 90.4 Å². The number of para-hydroxylation sites is 2. The number of benzene rings is 2. The quantitative estimate of drug-likeness (QED) is 0.250. The molecule has 11 nitrogen and oxygen atoms in total. The first-order valence-corrected chi connectivity index (χ1v) is 12.2. The van der Waals surface area contributed by atoms with Gasteiger partial charge in [0.05, 0.1) is 16.9 Å². The van der Waals surface area contributed by atoms with E-state index < -0.39 is 12.0 Å². The van der Waals surface area contributed by atoms with Gasteiger partial charge in [0, 0.05) is 43.1 Å². The minimum atomic E-state index is -1.24. The highest BCUT2D eigenvalue weighted by atomic mass is 16.4. The summed E-state index contributed by atoms with van der Waals surface area (Å²) < 4.78 is 0. The molecule has 4 N–H and O–H groups in total. The molecule has 0 saturated heterocycles. The number of likely N-dealkylation sites (N-methyl/N-ethyl adjacent to an activating group) is 1. The second-order valence-electron chi connectivity index (χ2n) is 9.05. The number of carbonyl (C=O) groups excluding carboxylic acids is 2. The second-order valence-corrected chi connectivity index (χ2v) is 9.05. The first-order valence-electron chi connectivity index (χ1n) is 12.2. The van der Waals surface area contributed by atoms with E-state index in [0.29, 0.717) is 24.5 Å². The largest absolute Gasteiger partial charge is 0.465 e. The monoisotopic (exact) mass is 527 g/mol. The fraction of sp³-hybridized carbons (Fsp3) is 0.179. The molecule has 200 valence electrons. The number of aromatic nitrogens is 2. The van der Waals surface area contributed by atoms with Gasteiger partial charge in [0.1, 0.15) is 5.69 Å². The number of fused-ring (bicyclic) bond motifs is 1. The second kappa shape index (κ2) is 12.5. The third-order valence-corrected chi connectivity index (χ3v) is 5.81. The molecule has 0 saturated carbocycles. The number of carbonyl (C=O) groups is 3. The van der Waals surface area contributed by atoms with Crippen LogP contribution in [0.5, 0.6) is 0 Å². The molecule has 2 heterocycles. The Labute approximate surface area is 225 Å². The zero-order valence-corrected chi connectivity index (χ0v) is 21.6. The minimum Gasteiger partial charge on any atom is -0.465 e. The Morgan fingerprint density at radius 2 is 1.62 bits per heavy atom. The number of hydrogen-bond donors (Lipinski definition) is 4. The fourth-order valence-corrected chi connectivity index (χ4v) is 3.80. The van der Waals surface area contributed by atoms with Crippen LogP contribution in [0.3, 0.4) is 0 Å². The van der Waals surface area contributed by atoms with E-state index in [1.165, 1.54) is 0 Å². The molecule has 0 bridgehead atoms. The van der Waals surface area contributed by atoms with E-state index in [2.05, 4.69) is 25.9 Å². The lowest BCUT2D eigenvalue weighted by Crippen LogP contribution is -2.39. The molecule has 4 rings (SSSR count). The van der Waals surface area contributed by atoms with Crippen LogP contribution >= 0.6 is 0 Å². The third kappa shape index (κ3) is 7.49. The van der Waals surface area contributed by atoms with E-state index in [9.17, 15) is 14.4 Å². The predicted molar refractivity (Wildman–Crippen MR) is 150 cm³/mol. The summed E-state index contributed by atoms with van der Waals surface area (Å²) in [6.07, 6.45) is 2.04. The number of amides is 4. The maximum absolute atomic E-state index is 13.2. The molecule has 0 unspecified atom stereocenters. The van der Waals surface area contributed by atoms with Crippen molar-refractivity contribution in [2.24, 2.45) is 0 Å². The molecule has 39 heavy (non-hydrogen) atoms. The summed E-state index contributed by atoms with van der Waals surface area (Å²) in [7, 11) is 3.87. The molecule has 4 amide bonds. The van der Waals surface area contributed by atoms with Crippen molar-refractivity contribution in [1.82, 2.24) is 19.8 Å². The van der Waals surface area contributed by atoms with E-state index in [4.69, 9.17) is 5.11 Å². The van der Waals surface area contributed by atoms with Gasteiger partial charge in [0.15, 0.2) is 0 Å². The number of rotatable bonds is 9. The molecular weight excluding hydrogens is 498 g/mol. The van der Waals surface area contributed by atoms with E-state index in [0.717, 1.165) is 16.5 Å². The van der Waals surface area contributed by atoms with Crippen LogP contribution in [0.4, 0.5) is 26.7 Å². The lowest BCUT2D eigenvalue weighted by molar-refractivity contribution is 0.102. The Balaban J connectivity index is 1.44. The zero-order valence-electron chi connectivity index (χ0n) is 21.6. The summed E-state index contributed by atoms with van der Waals surface area (Å²) in [5.41, 5.74) is 2.97. The highest BCUT2D eigenvalue weighted by Crippen LogP contribution is 2.22. The lowest BCUT2D eigenvalue weighted by Gasteiger charge is -2.25. The van der Waals surface area contributed by atoms with Gasteiger partial charge >= 0.3 is 12.1 Å². The number of nitrogens with one attached hydrogen (secondary N) is 3. The summed E-state index contributed by atoms with van der Waals surface area (Å²) in [5, 5.41) is 17.8. The van der Waals surface area contributed by atoms with Crippen LogP contribution in [0.25, 0.3) is 10.9 Å². The highest BCUT2D eigenvalue weighted by Gasteiger charge is 2.17. The third-order valence-electron chi connectivity index (χ3n) is 5.81. The van der Waals surface area contributed by atoms with Crippen LogP contribution in [0.15, 0.2) is 79.1 Å². The van der Waals surface area contributed by atoms with Gasteiger partial charge in [-0.2, -0.15) is 0 Å². The van der Waals surface area contributed by atoms with Crippen molar-refractivity contribution < 1.29 is 19.5 Å². The molecule has 0 atom stereocenters. The Bertz CT molecular complexity index is 1470. The molecule has 0 fully saturated rings. The van der Waals surface area contributed by atoms with Crippen LogP contribution in [0.1, 0.15) is 16.1 Å². The van der Waals surface area contributed by atoms with Crippen molar-refractivity contribution >= 4 is 46.0 Å². The van der Waals surface area contributed by atoms with E-state index >= 15 is 0 Å². The molecule has 0 radical (unpaired) electrons. The average molecular weight is 528 g/mol. The van der Waals surface area contributed by atoms with Crippen molar-refractivity contribution in [1.29, 1.82) is 0 Å². The first-order chi connectivity index (χ1) is 18.8. The Morgan fingerprint density at radius 1 is 0.846 bits per heavy atom. The highest BCUT2D eigenvalue weighted by molar-refractivity contribution is 6.05. The number of pyridine rings is 2. The van der Waals surface area contributed by atoms with Gasteiger partial charge in [-0.25, -0.2) is 9.59 Å². The Kier molecular flexibility index (Phi) is 8.64. The molecule has 0 aliphatic heterocycles. The number of anilines is 3. The average Bonchev–Trinajstić information content (AvgIpc) is 2.92. The fourth-order valence-electron chi connectivity index (χ4n) is 3.80. The SMILES string of the molecule is CN(C)CCN(Cc1ccc(C(=O)Nc2ccccc2NC(=O)O)nc1)C(=O)Nc1ccc2ncccc2c1. The van der Waals surface area contributed by atoms with E-state index in [1.54, 1.807) is 53.7 Å². The molecule has 4 aromatic rings. The van der Waals surface area contributed by atoms with Crippen molar-refractivity contribution in [3.63, 3.8) is 0 Å². The van der Waals surface area contributed by atoms with Crippen molar-refractivity contribution in [2.45, 2.75) is 6.54 Å². The maximum atomic E-state index is 13.2. The van der Waals surface area contributed by atoms with Gasteiger partial charge in [-0.3, -0.25) is 20.1 Å². The Hall–Kier alpha value is -5.03. The van der Waals surface area contributed by atoms with Crippen LogP contribution in [-0.4, -0.2) is 70.1 Å². The molecular formula is C28H29N7O4. The smallest absolute Gasteiger partial charge is 0.409 e. The summed E-state index contributed by atoms with van der Waals surface area (Å²) in [6, 6.07) is 18.9. The molecule has 2 aromatic carbocycles. The minimum absolute atomic E-state index is 0.151. The van der Waals surface area contributed by atoms with Crippen molar-refractivity contribution in [2.75, 3.05) is 43.1 Å². The van der Waals surface area contributed by atoms with Gasteiger partial charge in [-0.05, 0) is 62.1 Å². The standard InChI is InChI=1S/C28H29N7O4/c1-34(2)14-15-35(27(37)31-21-10-12-22-20(16-21)6-5-13-29-22)18-19-9-11-25(30-17-19)26(36)32-23-7-3-4-8-24(23)33-28(38)39/h3-13,16-17,33H,14-15,18H2,1-2H3,(H,31,37)(H,32,36)(H,38,39). The van der Waals surface area contributed by atoms with Crippen LogP contribution in [0, 0.1) is 0 Å². The van der Waals surface area contributed by atoms with Gasteiger partial charge in [-0.15, -0.1) is 0 Å². The van der Waals surface area contributed by atoms with Gasteiger partial charge in [0.2, 0.25) is 0 Å². The number of nitrogens with zero attached hydrogens (tertiary/aromatic N) is 4. The van der Waals surface area contributed by atoms with E-state index in [1.807, 2.05) is 49.3 Å². The normalized spacial score (nSPS) is 10.7. The first kappa shape index (κ1) is 27.0. The van der Waals surface area contributed by atoms with Crippen LogP contribution < -0.4 is 16.0 Å². The molecule has 0 spiro atoms. The van der Waals surface area contributed by atoms with E-state index in [-0.39, 0.29) is 24.0 Å². The summed E-state index contributed by atoms with van der Waals surface area (Å²) in [4.78, 5) is 49.2. The zero-order chi connectivity index (χ0) is 27.8. The van der Waals surface area contributed by atoms with Crippen LogP contribution in [0.2, 0.25) is 0 Å². The maximum Gasteiger partial charge on any atom is 0.409 e. The van der Waals surface area contributed by atoms with Crippen molar-refractivity contribution in [3.8, 4) is 0 Å². The molecule has 0 aliphatic carbocycles. The van der Waals surface area contributed by atoms with Gasteiger partial charge in [-0.1, -0.05) is 24.3 Å². The molecule has 0 aliphatic rings. The topological polar surface area (TPSA) is 140 Å². The number of urea groups is 1. The van der Waals surface area contributed by atoms with Gasteiger partial charge in [0.25, 0.3) is 5.91 Å².